The van der Waals surface area contributed by atoms with E-state index in [4.69, 9.17) is 6.42 Å². The second-order valence-corrected chi connectivity index (χ2v) is 17.6. The van der Waals surface area contributed by atoms with Gasteiger partial charge in [-0.25, -0.2) is 0 Å². The highest BCUT2D eigenvalue weighted by molar-refractivity contribution is 8.28. The number of terminal acetylenes is 1. The third-order valence-electron chi connectivity index (χ3n) is 7.54. The van der Waals surface area contributed by atoms with Crippen molar-refractivity contribution >= 4 is 20.3 Å². The molecule has 65 heavy (non-hydrogen) atoms. The predicted molar refractivity (Wildman–Crippen MR) is 238 cm³/mol. The van der Waals surface area contributed by atoms with Gasteiger partial charge in [-0.15, -0.1) is 6.42 Å². The molecule has 308 valence electrons. The summed E-state index contributed by atoms with van der Waals surface area (Å²) in [5, 5.41) is 25.1. The molecule has 1 aliphatic rings. The first-order valence-electron chi connectivity index (χ1n) is 18.2. The Morgan fingerprint density at radius 1 is 0.554 bits per heavy atom. The Morgan fingerprint density at radius 2 is 0.923 bits per heavy atom. The van der Waals surface area contributed by atoms with Gasteiger partial charge in [0.1, 0.15) is 5.92 Å². The molecule has 6 unspecified atom stereocenters. The van der Waals surface area contributed by atoms with Gasteiger partial charge in [-0.3, -0.25) is 14.4 Å². The molecule has 0 aliphatic heterocycles. The fourth-order valence-corrected chi connectivity index (χ4v) is 9.21. The van der Waals surface area contributed by atoms with Gasteiger partial charge in [0.15, 0.2) is 0 Å². The Balaban J connectivity index is 3.90. The van der Waals surface area contributed by atoms with Crippen LogP contribution in [0.15, 0.2) is 0 Å². The van der Waals surface area contributed by atoms with Gasteiger partial charge >= 0.3 is 5.97 Å². The second-order valence-electron chi connectivity index (χ2n) is 11.6. The highest BCUT2D eigenvalue weighted by atomic mass is 32.1. The minimum atomic E-state index is -6.37. The molecule has 0 aromatic carbocycles. The maximum Gasteiger partial charge on any atom is 0.319 e. The lowest BCUT2D eigenvalue weighted by atomic mass is 9.78. The molecule has 0 spiro atoms. The van der Waals surface area contributed by atoms with Gasteiger partial charge in [0.05, 0.1) is 0 Å². The van der Waals surface area contributed by atoms with E-state index in [1.54, 1.807) is 13.8 Å². The molecule has 0 heterocycles. The molecule has 1 aliphatic carbocycles. The van der Waals surface area contributed by atoms with Crippen LogP contribution in [-0.4, -0.2) is 16.7 Å². The van der Waals surface area contributed by atoms with E-state index in [1.165, 1.54) is 0 Å². The molecule has 0 bridgehead atoms. The first-order valence-corrected chi connectivity index (χ1v) is 22.1. The van der Waals surface area contributed by atoms with E-state index >= 15 is 0 Å². The number of hydrogen-bond donors (Lipinski definition) is 1. The van der Waals surface area contributed by atoms with Gasteiger partial charge in [-0.05, 0) is 253 Å². The van der Waals surface area contributed by atoms with Crippen LogP contribution in [0.25, 0.3) is 0 Å². The molecule has 1 rings (SSSR count). The quantitative estimate of drug-likeness (QED) is 0.180. The van der Waals surface area contributed by atoms with E-state index in [2.05, 4.69) is 241 Å². The van der Waals surface area contributed by atoms with Crippen LogP contribution in [0.2, 0.25) is 0 Å². The predicted octanol–water partition coefficient (Wildman–Crippen LogP) is 1.33. The van der Waals surface area contributed by atoms with Crippen molar-refractivity contribution in [3.05, 3.63) is 0 Å². The molecule has 0 radical (unpaired) electrons. The fraction of sp³-hybridized carbons (Fsp3) is 0.241. The summed E-state index contributed by atoms with van der Waals surface area (Å²) in [7, 11) is -12.1. The Morgan fingerprint density at radius 3 is 1.31 bits per heavy atom. The topological polar surface area (TPSA) is 159 Å². The first kappa shape index (κ1) is 53.9. The molecule has 0 amide bonds. The standard InChI is InChI=1S/C54H28O9P2/c1-4-7-10-13-16-19-22-24-27-29-32-35-38-42-50-44-40-43-49(41-37-34-31-28-26-23-20-17-14-11-8-5-2)46-47-51(53(48-50)64(58,63-62-57)65(59,60)61)52(54(55)56)45-39-36-33-30-25-21-18-15-12-9-6-3/h2,49-53,57H,40,43-44,46-48H2,1,3H3,(H,55,56)(H2,59,60,61)/p-3. The Hall–Kier alpha value is -9.07. The van der Waals surface area contributed by atoms with Crippen molar-refractivity contribution in [1.82, 2.24) is 0 Å². The summed E-state index contributed by atoms with van der Waals surface area (Å²) >= 11 is 0. The SMILES string of the molecule is C#CC#CC#CC#CC#CC#CC#CC1CCCC(C#CC#CC#CC#CC#CC#CC#CC)CC(P(=O)(OO[O-])P(=O)([O-])[O-])C(C(C#CC#CC#CC#CC#CC#CC)C(=O)O)CC1. The average Bonchev–Trinajstić information content (AvgIpc) is 3.27. The molecule has 0 aromatic heterocycles. The average molecular weight is 880 g/mol. The highest BCUT2D eigenvalue weighted by Crippen LogP contribution is 2.78. The van der Waals surface area contributed by atoms with Crippen LogP contribution in [0, 0.1) is 261 Å². The number of carbonyl (C=O) groups is 1. The molecule has 6 atom stereocenters. The Bertz CT molecular complexity index is 3280. The lowest BCUT2D eigenvalue weighted by Crippen LogP contribution is -2.37. The first-order chi connectivity index (χ1) is 31.5. The zero-order valence-corrected chi connectivity index (χ0v) is 36.1. The number of carboxylic acids is 1. The highest BCUT2D eigenvalue weighted by Gasteiger charge is 2.48. The van der Waals surface area contributed by atoms with Crippen LogP contribution in [-0.2, 0) is 23.6 Å². The number of hydrogen-bond acceptors (Lipinski definition) is 8. The summed E-state index contributed by atoms with van der Waals surface area (Å²) in [6, 6.07) is 0. The molecule has 1 fully saturated rings. The second kappa shape index (κ2) is 34.6. The largest absolute Gasteiger partial charge is 0.804 e. The van der Waals surface area contributed by atoms with Crippen LogP contribution in [0.5, 0.6) is 0 Å². The van der Waals surface area contributed by atoms with Crippen molar-refractivity contribution in [3.8, 4) is 237 Å². The zero-order valence-electron chi connectivity index (χ0n) is 34.3. The van der Waals surface area contributed by atoms with E-state index in [9.17, 15) is 34.1 Å². The summed E-state index contributed by atoms with van der Waals surface area (Å²) in [5.74, 6) is 90.4. The van der Waals surface area contributed by atoms with Gasteiger partial charge in [0, 0.05) is 24.8 Å². The maximum absolute atomic E-state index is 14.2. The summed E-state index contributed by atoms with van der Waals surface area (Å²) in [5.41, 5.74) is -1.98. The molecule has 1 N–H and O–H groups in total. The van der Waals surface area contributed by atoms with Crippen LogP contribution in [0.3, 0.4) is 0 Å². The van der Waals surface area contributed by atoms with E-state index in [-0.39, 0.29) is 19.3 Å². The number of carboxylic acid groups (broad SMARTS) is 1. The Labute approximate surface area is 381 Å². The zero-order chi connectivity index (χ0) is 47.7. The normalized spacial score (nSPS) is 15.3. The minimum absolute atomic E-state index is 0.0679. The monoisotopic (exact) mass is 879 g/mol. The van der Waals surface area contributed by atoms with E-state index in [0.717, 1.165) is 0 Å². The van der Waals surface area contributed by atoms with Crippen LogP contribution < -0.4 is 15.0 Å². The van der Waals surface area contributed by atoms with Crippen molar-refractivity contribution in [2.45, 2.75) is 58.0 Å². The number of aliphatic carboxylic acids is 1. The molecular weight excluding hydrogens is 855 g/mol. The summed E-state index contributed by atoms with van der Waals surface area (Å²) in [6.45, 7) is 3.24. The smallest absolute Gasteiger partial charge is 0.319 e. The van der Waals surface area contributed by atoms with Crippen LogP contribution in [0.4, 0.5) is 0 Å². The summed E-state index contributed by atoms with van der Waals surface area (Å²) < 4.78 is 31.2. The minimum Gasteiger partial charge on any atom is -0.804 e. The third kappa shape index (κ3) is 24.7. The maximum atomic E-state index is 14.2. The molecule has 0 aromatic rings. The van der Waals surface area contributed by atoms with Crippen LogP contribution in [0.1, 0.15) is 52.4 Å². The van der Waals surface area contributed by atoms with Gasteiger partial charge < -0.3 is 24.7 Å². The van der Waals surface area contributed by atoms with E-state index < -0.39 is 56.1 Å². The van der Waals surface area contributed by atoms with Gasteiger partial charge in [0.2, 0.25) is 0 Å². The van der Waals surface area contributed by atoms with Gasteiger partial charge in [-0.1, -0.05) is 36.0 Å². The molecule has 11 heteroatoms. The summed E-state index contributed by atoms with van der Waals surface area (Å²) in [6.07, 6.45) is 5.32. The molecule has 9 nitrogen and oxygen atoms in total. The van der Waals surface area contributed by atoms with Crippen molar-refractivity contribution < 1.29 is 43.8 Å². The molecule has 0 saturated heterocycles. The van der Waals surface area contributed by atoms with E-state index in [1.807, 2.05) is 0 Å². The van der Waals surface area contributed by atoms with Crippen molar-refractivity contribution in [2.75, 3.05) is 0 Å². The van der Waals surface area contributed by atoms with Crippen molar-refractivity contribution in [3.63, 3.8) is 0 Å². The third-order valence-corrected chi connectivity index (χ3v) is 13.1. The Kier molecular flexibility index (Phi) is 28.7. The van der Waals surface area contributed by atoms with E-state index in [0.29, 0.717) is 12.8 Å². The number of rotatable bonds is 6. The van der Waals surface area contributed by atoms with Gasteiger partial charge in [-0.2, -0.15) is 4.67 Å². The van der Waals surface area contributed by atoms with Crippen molar-refractivity contribution in [2.24, 2.45) is 23.7 Å². The van der Waals surface area contributed by atoms with Crippen LogP contribution >= 0.6 is 14.3 Å². The molecular formula is C54H25O9P2-3. The fourth-order valence-electron chi connectivity index (χ4n) is 5.03. The van der Waals surface area contributed by atoms with Crippen molar-refractivity contribution in [1.29, 1.82) is 0 Å². The summed E-state index contributed by atoms with van der Waals surface area (Å²) in [4.78, 5) is 38.3. The van der Waals surface area contributed by atoms with Gasteiger partial charge in [0.25, 0.3) is 7.06 Å². The lowest BCUT2D eigenvalue weighted by molar-refractivity contribution is -0.779. The lowest BCUT2D eigenvalue weighted by Gasteiger charge is -2.45. The molecule has 1 saturated carbocycles.